The van der Waals surface area contributed by atoms with E-state index in [9.17, 15) is 9.18 Å². The summed E-state index contributed by atoms with van der Waals surface area (Å²) in [6.07, 6.45) is 0. The standard InChI is InChI=1S/C8H5BrClFO/c1-4(12)6-2-5(9)3-7(11)8(6)10/h2-3H,1H3. The molecule has 0 atom stereocenters. The number of Topliss-reactive ketones (excluding diaryl/α,β-unsaturated/α-hetero) is 1. The third kappa shape index (κ3) is 1.84. The zero-order valence-corrected chi connectivity index (χ0v) is 8.54. The Morgan fingerprint density at radius 1 is 1.58 bits per heavy atom. The Hall–Kier alpha value is -0.410. The average molecular weight is 251 g/mol. The van der Waals surface area contributed by atoms with Gasteiger partial charge >= 0.3 is 0 Å². The lowest BCUT2D eigenvalue weighted by Crippen LogP contribution is -1.95. The van der Waals surface area contributed by atoms with Crippen LogP contribution in [0.4, 0.5) is 4.39 Å². The van der Waals surface area contributed by atoms with Gasteiger partial charge in [0.1, 0.15) is 5.82 Å². The van der Waals surface area contributed by atoms with E-state index >= 15 is 0 Å². The Balaban J connectivity index is 3.37. The van der Waals surface area contributed by atoms with Crippen LogP contribution in [0.3, 0.4) is 0 Å². The van der Waals surface area contributed by atoms with E-state index in [2.05, 4.69) is 15.9 Å². The molecule has 0 aliphatic heterocycles. The number of rotatable bonds is 1. The minimum atomic E-state index is -0.587. The molecular formula is C8H5BrClFO. The molecule has 64 valence electrons. The Bertz CT molecular complexity index is 338. The number of halogens is 3. The molecule has 0 aromatic heterocycles. The molecule has 12 heavy (non-hydrogen) atoms. The summed E-state index contributed by atoms with van der Waals surface area (Å²) in [6.45, 7) is 1.34. The van der Waals surface area contributed by atoms with Crippen molar-refractivity contribution in [2.24, 2.45) is 0 Å². The first-order chi connectivity index (χ1) is 5.52. The van der Waals surface area contributed by atoms with Crippen molar-refractivity contribution in [3.63, 3.8) is 0 Å². The molecule has 0 unspecified atom stereocenters. The topological polar surface area (TPSA) is 17.1 Å². The van der Waals surface area contributed by atoms with E-state index < -0.39 is 5.82 Å². The summed E-state index contributed by atoms with van der Waals surface area (Å²) in [5.41, 5.74) is 0.198. The largest absolute Gasteiger partial charge is 0.294 e. The lowest BCUT2D eigenvalue weighted by atomic mass is 10.1. The number of ketones is 1. The van der Waals surface area contributed by atoms with E-state index in [4.69, 9.17) is 11.6 Å². The van der Waals surface area contributed by atoms with Gasteiger partial charge in [-0.05, 0) is 19.1 Å². The van der Waals surface area contributed by atoms with Crippen molar-refractivity contribution in [2.75, 3.05) is 0 Å². The smallest absolute Gasteiger partial charge is 0.161 e. The van der Waals surface area contributed by atoms with Crippen molar-refractivity contribution in [1.29, 1.82) is 0 Å². The molecule has 0 aliphatic rings. The quantitative estimate of drug-likeness (QED) is 0.552. The van der Waals surface area contributed by atoms with Gasteiger partial charge in [-0.3, -0.25) is 4.79 Å². The second-order valence-corrected chi connectivity index (χ2v) is 3.60. The van der Waals surface area contributed by atoms with Crippen LogP contribution in [0.2, 0.25) is 5.02 Å². The summed E-state index contributed by atoms with van der Waals surface area (Å²) >= 11 is 8.61. The monoisotopic (exact) mass is 250 g/mol. The number of carbonyl (C=O) groups excluding carboxylic acids is 1. The van der Waals surface area contributed by atoms with Gasteiger partial charge in [0, 0.05) is 10.0 Å². The number of hydrogen-bond acceptors (Lipinski definition) is 1. The zero-order chi connectivity index (χ0) is 9.30. The highest BCUT2D eigenvalue weighted by Crippen LogP contribution is 2.24. The van der Waals surface area contributed by atoms with Crippen molar-refractivity contribution in [3.05, 3.63) is 33.0 Å². The summed E-state index contributed by atoms with van der Waals surface area (Å²) in [6, 6.07) is 2.71. The molecule has 1 rings (SSSR count). The second kappa shape index (κ2) is 3.54. The van der Waals surface area contributed by atoms with E-state index in [1.807, 2.05) is 0 Å². The van der Waals surface area contributed by atoms with Crippen molar-refractivity contribution in [1.82, 2.24) is 0 Å². The normalized spacial score (nSPS) is 10.0. The highest BCUT2D eigenvalue weighted by molar-refractivity contribution is 9.10. The van der Waals surface area contributed by atoms with Crippen LogP contribution in [0.15, 0.2) is 16.6 Å². The molecule has 0 N–H and O–H groups in total. The maximum Gasteiger partial charge on any atom is 0.161 e. The van der Waals surface area contributed by atoms with Crippen molar-refractivity contribution >= 4 is 33.3 Å². The van der Waals surface area contributed by atoms with Gasteiger partial charge in [0.2, 0.25) is 0 Å². The minimum Gasteiger partial charge on any atom is -0.294 e. The van der Waals surface area contributed by atoms with Crippen LogP contribution in [0.1, 0.15) is 17.3 Å². The fraction of sp³-hybridized carbons (Fsp3) is 0.125. The van der Waals surface area contributed by atoms with Crippen LogP contribution in [0, 0.1) is 5.82 Å². The van der Waals surface area contributed by atoms with Crippen LogP contribution < -0.4 is 0 Å². The molecule has 1 aromatic rings. The van der Waals surface area contributed by atoms with Crippen LogP contribution in [-0.2, 0) is 0 Å². The molecule has 0 amide bonds. The fourth-order valence-corrected chi connectivity index (χ4v) is 1.48. The third-order valence-corrected chi connectivity index (χ3v) is 2.21. The average Bonchev–Trinajstić information content (AvgIpc) is 1.96. The maximum atomic E-state index is 12.9. The second-order valence-electron chi connectivity index (χ2n) is 2.31. The van der Waals surface area contributed by atoms with E-state index in [1.54, 1.807) is 0 Å². The fourth-order valence-electron chi connectivity index (χ4n) is 0.812. The SMILES string of the molecule is CC(=O)c1cc(Br)cc(F)c1Cl. The van der Waals surface area contributed by atoms with Gasteiger partial charge in [0.05, 0.1) is 5.02 Å². The maximum absolute atomic E-state index is 12.9. The summed E-state index contributed by atoms with van der Waals surface area (Å²) in [4.78, 5) is 10.9. The minimum absolute atomic E-state index is 0.120. The van der Waals surface area contributed by atoms with Crippen molar-refractivity contribution in [3.8, 4) is 0 Å². The third-order valence-electron chi connectivity index (χ3n) is 1.37. The van der Waals surface area contributed by atoms with Crippen molar-refractivity contribution < 1.29 is 9.18 Å². The molecule has 0 radical (unpaired) electrons. The molecule has 1 nitrogen and oxygen atoms in total. The summed E-state index contributed by atoms with van der Waals surface area (Å²) in [5.74, 6) is -0.837. The van der Waals surface area contributed by atoms with Gasteiger partial charge in [-0.2, -0.15) is 0 Å². The van der Waals surface area contributed by atoms with Gasteiger partial charge in [-0.25, -0.2) is 4.39 Å². The number of carbonyl (C=O) groups is 1. The van der Waals surface area contributed by atoms with Gasteiger partial charge in [-0.1, -0.05) is 27.5 Å². The predicted molar refractivity (Wildman–Crippen MR) is 49.1 cm³/mol. The van der Waals surface area contributed by atoms with E-state index in [-0.39, 0.29) is 16.4 Å². The summed E-state index contributed by atoms with van der Waals surface area (Å²) in [5, 5.41) is -0.120. The Kier molecular flexibility index (Phi) is 2.85. The molecule has 0 aliphatic carbocycles. The highest BCUT2D eigenvalue weighted by Gasteiger charge is 2.10. The molecule has 0 heterocycles. The van der Waals surface area contributed by atoms with E-state index in [1.165, 1.54) is 19.1 Å². The Labute approximate surface area is 82.7 Å². The Morgan fingerprint density at radius 3 is 2.67 bits per heavy atom. The van der Waals surface area contributed by atoms with Crippen LogP contribution >= 0.6 is 27.5 Å². The first-order valence-electron chi connectivity index (χ1n) is 3.18. The molecule has 0 fully saturated rings. The molecule has 4 heteroatoms. The molecule has 0 spiro atoms. The zero-order valence-electron chi connectivity index (χ0n) is 6.20. The molecular weight excluding hydrogens is 246 g/mol. The van der Waals surface area contributed by atoms with Gasteiger partial charge in [0.15, 0.2) is 5.78 Å². The summed E-state index contributed by atoms with van der Waals surface area (Å²) in [7, 11) is 0. The molecule has 0 saturated carbocycles. The highest BCUT2D eigenvalue weighted by atomic mass is 79.9. The van der Waals surface area contributed by atoms with Crippen molar-refractivity contribution in [2.45, 2.75) is 6.92 Å². The van der Waals surface area contributed by atoms with Gasteiger partial charge in [0.25, 0.3) is 0 Å². The summed E-state index contributed by atoms with van der Waals surface area (Å²) < 4.78 is 13.4. The van der Waals surface area contributed by atoms with Gasteiger partial charge in [-0.15, -0.1) is 0 Å². The van der Waals surface area contributed by atoms with Crippen LogP contribution in [0.5, 0.6) is 0 Å². The first kappa shape index (κ1) is 9.68. The lowest BCUT2D eigenvalue weighted by Gasteiger charge is -2.01. The lowest BCUT2D eigenvalue weighted by molar-refractivity contribution is 0.101. The first-order valence-corrected chi connectivity index (χ1v) is 4.35. The molecule has 0 bridgehead atoms. The van der Waals surface area contributed by atoms with Crippen LogP contribution in [-0.4, -0.2) is 5.78 Å². The predicted octanol–water partition coefficient (Wildman–Crippen LogP) is 3.44. The van der Waals surface area contributed by atoms with Gasteiger partial charge < -0.3 is 0 Å². The van der Waals surface area contributed by atoms with E-state index in [0.29, 0.717) is 4.47 Å². The van der Waals surface area contributed by atoms with Crippen LogP contribution in [0.25, 0.3) is 0 Å². The molecule has 0 saturated heterocycles. The number of benzene rings is 1. The van der Waals surface area contributed by atoms with E-state index in [0.717, 1.165) is 0 Å². The molecule has 1 aromatic carbocycles. The Morgan fingerprint density at radius 2 is 2.17 bits per heavy atom. The number of hydrogen-bond donors (Lipinski definition) is 0.